The minimum atomic E-state index is -0.273. The maximum atomic E-state index is 12.6. The number of nitrogens with two attached hydrogens (primary N) is 1. The van der Waals surface area contributed by atoms with Crippen LogP contribution < -0.4 is 5.73 Å². The molecule has 0 aliphatic rings. The highest BCUT2D eigenvalue weighted by Crippen LogP contribution is 2.25. The quantitative estimate of drug-likeness (QED) is 0.756. The zero-order valence-corrected chi connectivity index (χ0v) is 7.38. The molecule has 5 heteroatoms. The summed E-state index contributed by atoms with van der Waals surface area (Å²) in [5, 5.41) is 4.38. The average molecular weight is 195 g/mol. The molecule has 0 aliphatic heterocycles. The molecule has 0 saturated heterocycles. The lowest BCUT2D eigenvalue weighted by Gasteiger charge is -1.95. The van der Waals surface area contributed by atoms with E-state index >= 15 is 0 Å². The van der Waals surface area contributed by atoms with Crippen molar-refractivity contribution in [3.05, 3.63) is 30.1 Å². The largest absolute Gasteiger partial charge is 0.387 e. The van der Waals surface area contributed by atoms with Gasteiger partial charge in [-0.2, -0.15) is 0 Å². The van der Waals surface area contributed by atoms with Crippen molar-refractivity contribution in [2.45, 2.75) is 0 Å². The second kappa shape index (κ2) is 3.10. The fourth-order valence-corrected chi connectivity index (χ4v) is 1.46. The molecule has 1 aromatic carbocycles. The van der Waals surface area contributed by atoms with Crippen LogP contribution in [0.5, 0.6) is 0 Å². The molecule has 3 nitrogen and oxygen atoms in total. The van der Waals surface area contributed by atoms with Gasteiger partial charge in [-0.05, 0) is 24.3 Å². The number of nitrogens with zero attached hydrogens (tertiary/aromatic N) is 2. The van der Waals surface area contributed by atoms with Crippen LogP contribution in [-0.2, 0) is 0 Å². The van der Waals surface area contributed by atoms with Gasteiger partial charge in [-0.3, -0.25) is 0 Å². The molecule has 0 bridgehead atoms. The molecule has 0 spiro atoms. The van der Waals surface area contributed by atoms with Crippen LogP contribution in [0.1, 0.15) is 0 Å². The topological polar surface area (TPSA) is 51.8 Å². The van der Waals surface area contributed by atoms with Crippen molar-refractivity contribution in [2.24, 2.45) is 0 Å². The number of aromatic nitrogens is 2. The van der Waals surface area contributed by atoms with Crippen molar-refractivity contribution >= 4 is 16.5 Å². The van der Waals surface area contributed by atoms with E-state index in [4.69, 9.17) is 5.73 Å². The maximum Gasteiger partial charge on any atom is 0.135 e. The average Bonchev–Trinajstić information content (AvgIpc) is 2.53. The molecule has 2 aromatic rings. The molecule has 0 saturated carbocycles. The Morgan fingerprint density at radius 1 is 1.23 bits per heavy atom. The fraction of sp³-hybridized carbons (Fsp3) is 0. The standard InChI is InChI=1S/C8H6FN3S/c9-6-3-1-5(2-4-6)7-8(10)13-12-11-7/h1-4H,10H2. The number of nitrogen functional groups attached to an aromatic ring is 1. The zero-order chi connectivity index (χ0) is 9.26. The van der Waals surface area contributed by atoms with E-state index in [0.29, 0.717) is 10.7 Å². The Kier molecular flexibility index (Phi) is 1.94. The van der Waals surface area contributed by atoms with E-state index in [-0.39, 0.29) is 5.82 Å². The molecule has 0 amide bonds. The van der Waals surface area contributed by atoms with Crippen LogP contribution in [0.15, 0.2) is 24.3 Å². The number of benzene rings is 1. The lowest BCUT2D eigenvalue weighted by atomic mass is 10.2. The van der Waals surface area contributed by atoms with Gasteiger partial charge in [0.1, 0.15) is 16.5 Å². The summed E-state index contributed by atoms with van der Waals surface area (Å²) < 4.78 is 16.3. The molecule has 1 aromatic heterocycles. The molecule has 13 heavy (non-hydrogen) atoms. The van der Waals surface area contributed by atoms with Gasteiger partial charge < -0.3 is 5.73 Å². The van der Waals surface area contributed by atoms with Gasteiger partial charge >= 0.3 is 0 Å². The number of hydrogen-bond donors (Lipinski definition) is 1. The minimum Gasteiger partial charge on any atom is -0.387 e. The van der Waals surface area contributed by atoms with Gasteiger partial charge in [0.2, 0.25) is 0 Å². The summed E-state index contributed by atoms with van der Waals surface area (Å²) in [5.74, 6) is -0.273. The van der Waals surface area contributed by atoms with Gasteiger partial charge in [-0.1, -0.05) is 4.49 Å². The smallest absolute Gasteiger partial charge is 0.135 e. The summed E-state index contributed by atoms with van der Waals surface area (Å²) in [6, 6.07) is 5.99. The predicted molar refractivity (Wildman–Crippen MR) is 49.7 cm³/mol. The van der Waals surface area contributed by atoms with Crippen molar-refractivity contribution in [3.63, 3.8) is 0 Å². The zero-order valence-electron chi connectivity index (χ0n) is 6.57. The highest BCUT2D eigenvalue weighted by Gasteiger charge is 2.06. The van der Waals surface area contributed by atoms with Crippen molar-refractivity contribution in [3.8, 4) is 11.3 Å². The van der Waals surface area contributed by atoms with Gasteiger partial charge in [0.15, 0.2) is 0 Å². The van der Waals surface area contributed by atoms with Crippen molar-refractivity contribution in [1.82, 2.24) is 9.59 Å². The molecular weight excluding hydrogens is 189 g/mol. The Morgan fingerprint density at radius 2 is 1.92 bits per heavy atom. The molecule has 0 aliphatic carbocycles. The van der Waals surface area contributed by atoms with Crippen LogP contribution in [0.3, 0.4) is 0 Å². The Bertz CT molecular complexity index is 410. The second-order valence-corrected chi connectivity index (χ2v) is 3.28. The van der Waals surface area contributed by atoms with Gasteiger partial charge in [0, 0.05) is 17.1 Å². The summed E-state index contributed by atoms with van der Waals surface area (Å²) in [6.45, 7) is 0. The first-order valence-corrected chi connectivity index (χ1v) is 4.38. The number of hydrogen-bond acceptors (Lipinski definition) is 4. The Labute approximate surface area is 78.2 Å². The molecule has 0 unspecified atom stereocenters. The van der Waals surface area contributed by atoms with E-state index < -0.39 is 0 Å². The normalized spacial score (nSPS) is 10.2. The van der Waals surface area contributed by atoms with Crippen LogP contribution in [0, 0.1) is 5.82 Å². The van der Waals surface area contributed by atoms with Crippen LogP contribution in [0.4, 0.5) is 9.39 Å². The number of halogens is 1. The highest BCUT2D eigenvalue weighted by atomic mass is 32.1. The van der Waals surface area contributed by atoms with Crippen molar-refractivity contribution in [2.75, 3.05) is 5.73 Å². The van der Waals surface area contributed by atoms with Gasteiger partial charge in [0.05, 0.1) is 0 Å². The predicted octanol–water partition coefficient (Wildman–Crippen LogP) is 1.93. The molecule has 0 fully saturated rings. The summed E-state index contributed by atoms with van der Waals surface area (Å²) in [7, 11) is 0. The molecule has 0 atom stereocenters. The van der Waals surface area contributed by atoms with Crippen LogP contribution in [0.2, 0.25) is 0 Å². The monoisotopic (exact) mass is 195 g/mol. The number of rotatable bonds is 1. The van der Waals surface area contributed by atoms with Crippen molar-refractivity contribution < 1.29 is 4.39 Å². The Balaban J connectivity index is 2.47. The molecule has 2 rings (SSSR count). The minimum absolute atomic E-state index is 0.273. The number of anilines is 1. The Morgan fingerprint density at radius 3 is 2.46 bits per heavy atom. The van der Waals surface area contributed by atoms with Crippen LogP contribution in [0.25, 0.3) is 11.3 Å². The Hall–Kier alpha value is -1.49. The van der Waals surface area contributed by atoms with E-state index in [2.05, 4.69) is 9.59 Å². The molecule has 66 valence electrons. The second-order valence-electron chi connectivity index (χ2n) is 2.49. The van der Waals surface area contributed by atoms with E-state index in [0.717, 1.165) is 17.1 Å². The molecule has 1 heterocycles. The van der Waals surface area contributed by atoms with E-state index in [1.54, 1.807) is 12.1 Å². The third-order valence-electron chi connectivity index (χ3n) is 1.63. The third kappa shape index (κ3) is 1.50. The van der Waals surface area contributed by atoms with Crippen molar-refractivity contribution in [1.29, 1.82) is 0 Å². The van der Waals surface area contributed by atoms with E-state index in [1.165, 1.54) is 12.1 Å². The highest BCUT2D eigenvalue weighted by molar-refractivity contribution is 7.10. The van der Waals surface area contributed by atoms with E-state index in [9.17, 15) is 4.39 Å². The van der Waals surface area contributed by atoms with Gasteiger partial charge in [-0.25, -0.2) is 4.39 Å². The molecule has 2 N–H and O–H groups in total. The van der Waals surface area contributed by atoms with E-state index in [1.807, 2.05) is 0 Å². The van der Waals surface area contributed by atoms with Crippen LogP contribution in [-0.4, -0.2) is 9.59 Å². The first-order chi connectivity index (χ1) is 6.27. The lowest BCUT2D eigenvalue weighted by molar-refractivity contribution is 0.628. The summed E-state index contributed by atoms with van der Waals surface area (Å²) >= 11 is 1.13. The maximum absolute atomic E-state index is 12.6. The SMILES string of the molecule is Nc1snnc1-c1ccc(F)cc1. The summed E-state index contributed by atoms with van der Waals surface area (Å²) in [6.07, 6.45) is 0. The van der Waals surface area contributed by atoms with Gasteiger partial charge in [0.25, 0.3) is 0 Å². The fourth-order valence-electron chi connectivity index (χ4n) is 1.01. The van der Waals surface area contributed by atoms with Crippen LogP contribution >= 0.6 is 11.5 Å². The lowest BCUT2D eigenvalue weighted by Crippen LogP contribution is -1.85. The first kappa shape index (κ1) is 8.12. The first-order valence-electron chi connectivity index (χ1n) is 3.61. The molecule has 0 radical (unpaired) electrons. The summed E-state index contributed by atoms with van der Waals surface area (Å²) in [5.41, 5.74) is 7.01. The van der Waals surface area contributed by atoms with Gasteiger partial charge in [-0.15, -0.1) is 5.10 Å². The molecular formula is C8H6FN3S. The third-order valence-corrected chi connectivity index (χ3v) is 2.18. The summed E-state index contributed by atoms with van der Waals surface area (Å²) in [4.78, 5) is 0.